The molecule has 0 bridgehead atoms. The molecule has 4 heteroatoms. The van der Waals surface area contributed by atoms with Crippen LogP contribution in [0.1, 0.15) is 54.9 Å². The van der Waals surface area contributed by atoms with Gasteiger partial charge < -0.3 is 5.11 Å². The molecule has 0 aliphatic heterocycles. The molecule has 1 saturated carbocycles. The third-order valence-corrected chi connectivity index (χ3v) is 6.55. The monoisotopic (exact) mass is 341 g/mol. The maximum absolute atomic E-state index is 10.7. The lowest BCUT2D eigenvalue weighted by molar-refractivity contribution is 0.0209. The summed E-state index contributed by atoms with van der Waals surface area (Å²) in [4.78, 5) is 2.08. The predicted octanol–water partition coefficient (Wildman–Crippen LogP) is 4.96. The van der Waals surface area contributed by atoms with Crippen LogP contribution in [-0.4, -0.2) is 5.11 Å². The predicted molar refractivity (Wildman–Crippen MR) is 82.0 cm³/mol. The first kappa shape index (κ1) is 15.0. The Morgan fingerprint density at radius 1 is 1.68 bits per heavy atom. The number of thiophene rings is 1. The summed E-state index contributed by atoms with van der Waals surface area (Å²) in [6, 6.07) is 4.42. The number of halogens is 1. The van der Waals surface area contributed by atoms with Crippen LogP contribution in [-0.2, 0) is 0 Å². The molecule has 2 nitrogen and oxygen atoms in total. The van der Waals surface area contributed by atoms with Crippen molar-refractivity contribution in [3.8, 4) is 6.07 Å². The van der Waals surface area contributed by atoms with Crippen LogP contribution >= 0.6 is 27.3 Å². The van der Waals surface area contributed by atoms with E-state index in [0.717, 1.165) is 39.9 Å². The van der Waals surface area contributed by atoms with Crippen LogP contribution in [0.5, 0.6) is 0 Å². The van der Waals surface area contributed by atoms with Crippen LogP contribution in [0.25, 0.3) is 0 Å². The van der Waals surface area contributed by atoms with Gasteiger partial charge in [0, 0.05) is 14.2 Å². The summed E-state index contributed by atoms with van der Waals surface area (Å²) in [5, 5.41) is 20.4. The molecule has 1 aromatic heterocycles. The first-order valence-electron chi connectivity index (χ1n) is 6.87. The molecule has 1 N–H and O–H groups in total. The molecule has 104 valence electrons. The molecule has 1 fully saturated rings. The van der Waals surface area contributed by atoms with Gasteiger partial charge in [-0.15, -0.1) is 11.3 Å². The zero-order valence-electron chi connectivity index (χ0n) is 11.4. The van der Waals surface area contributed by atoms with Gasteiger partial charge in [0.25, 0.3) is 0 Å². The molecule has 1 aliphatic rings. The van der Waals surface area contributed by atoms with Crippen molar-refractivity contribution in [2.45, 2.75) is 52.1 Å². The first-order chi connectivity index (χ1) is 9.02. The molecule has 2 rings (SSSR count). The smallest absolute Gasteiger partial charge is 0.107 e. The maximum Gasteiger partial charge on any atom is 0.107 e. The molecule has 0 spiro atoms. The first-order valence-corrected chi connectivity index (χ1v) is 8.48. The zero-order valence-corrected chi connectivity index (χ0v) is 13.9. The normalized spacial score (nSPS) is 28.9. The Kier molecular flexibility index (Phi) is 4.70. The summed E-state index contributed by atoms with van der Waals surface area (Å²) >= 11 is 5.08. The van der Waals surface area contributed by atoms with E-state index in [2.05, 4.69) is 28.9 Å². The summed E-state index contributed by atoms with van der Waals surface area (Å²) in [6.07, 6.45) is 4.34. The maximum atomic E-state index is 10.7. The van der Waals surface area contributed by atoms with Crippen LogP contribution in [0.2, 0.25) is 0 Å². The second kappa shape index (κ2) is 5.95. The van der Waals surface area contributed by atoms with Crippen LogP contribution in [0.4, 0.5) is 0 Å². The van der Waals surface area contributed by atoms with Crippen LogP contribution in [0.15, 0.2) is 10.5 Å². The molecule has 1 aromatic rings. The fourth-order valence-electron chi connectivity index (χ4n) is 3.07. The summed E-state index contributed by atoms with van der Waals surface area (Å²) in [5.74, 6) is 0.576. The third-order valence-electron chi connectivity index (χ3n) is 4.36. The average molecular weight is 342 g/mol. The van der Waals surface area contributed by atoms with Gasteiger partial charge in [0.15, 0.2) is 0 Å². The molecule has 19 heavy (non-hydrogen) atoms. The van der Waals surface area contributed by atoms with Crippen molar-refractivity contribution < 1.29 is 5.11 Å². The fraction of sp³-hybridized carbons (Fsp3) is 0.667. The van der Waals surface area contributed by atoms with Crippen molar-refractivity contribution in [1.29, 1.82) is 5.26 Å². The Balaban J connectivity index is 2.28. The highest BCUT2D eigenvalue weighted by Gasteiger charge is 2.43. The van der Waals surface area contributed by atoms with E-state index in [1.807, 2.05) is 13.0 Å². The molecule has 3 unspecified atom stereocenters. The summed E-state index contributed by atoms with van der Waals surface area (Å²) in [5.41, 5.74) is -0.588. The van der Waals surface area contributed by atoms with Gasteiger partial charge in [0.2, 0.25) is 0 Å². The lowest BCUT2D eigenvalue weighted by Crippen LogP contribution is -2.33. The highest BCUT2D eigenvalue weighted by atomic mass is 79.9. The van der Waals surface area contributed by atoms with E-state index in [1.165, 1.54) is 6.42 Å². The fourth-order valence-corrected chi connectivity index (χ4v) is 4.74. The minimum atomic E-state index is -0.651. The van der Waals surface area contributed by atoms with E-state index in [0.29, 0.717) is 5.92 Å². The third kappa shape index (κ3) is 2.89. The molecular formula is C15H20BrNOS. The number of aliphatic hydroxyl groups excluding tert-OH is 1. The van der Waals surface area contributed by atoms with Crippen molar-refractivity contribution in [2.75, 3.05) is 0 Å². The number of nitriles is 1. The highest BCUT2D eigenvalue weighted by molar-refractivity contribution is 9.10. The van der Waals surface area contributed by atoms with Gasteiger partial charge in [0.1, 0.15) is 6.10 Å². The quantitative estimate of drug-likeness (QED) is 0.843. The van der Waals surface area contributed by atoms with Gasteiger partial charge in [0.05, 0.1) is 11.5 Å². The number of aryl methyl sites for hydroxylation is 1. The standard InChI is InChI=1S/C15H20BrNOS/c1-3-11-5-4-6-15(8-11,9-17)14(18)13-7-12(16)10(2)19-13/h7,11,14,18H,3-6,8H2,1-2H3. The van der Waals surface area contributed by atoms with E-state index >= 15 is 0 Å². The van der Waals surface area contributed by atoms with Gasteiger partial charge in [-0.05, 0) is 47.7 Å². The summed E-state index contributed by atoms with van der Waals surface area (Å²) in [6.45, 7) is 4.20. The van der Waals surface area contributed by atoms with Crippen LogP contribution in [0, 0.1) is 29.6 Å². The topological polar surface area (TPSA) is 44.0 Å². The largest absolute Gasteiger partial charge is 0.386 e. The second-order valence-corrected chi connectivity index (χ2v) is 7.74. The summed E-state index contributed by atoms with van der Waals surface area (Å²) in [7, 11) is 0. The molecule has 0 amide bonds. The minimum absolute atomic E-state index is 0.576. The van der Waals surface area contributed by atoms with Crippen LogP contribution in [0.3, 0.4) is 0 Å². The Morgan fingerprint density at radius 3 is 2.95 bits per heavy atom. The van der Waals surface area contributed by atoms with Crippen molar-refractivity contribution >= 4 is 27.3 Å². The SMILES string of the molecule is CCC1CCCC(C#N)(C(O)c2cc(Br)c(C)s2)C1. The second-order valence-electron chi connectivity index (χ2n) is 5.59. The lowest BCUT2D eigenvalue weighted by atomic mass is 9.66. The van der Waals surface area contributed by atoms with Gasteiger partial charge in [-0.1, -0.05) is 26.2 Å². The zero-order chi connectivity index (χ0) is 14.0. The summed E-state index contributed by atoms with van der Waals surface area (Å²) < 4.78 is 1.03. The number of hydrogen-bond acceptors (Lipinski definition) is 3. The Hall–Kier alpha value is -0.370. The molecule has 0 aromatic carbocycles. The van der Waals surface area contributed by atoms with Crippen molar-refractivity contribution in [3.63, 3.8) is 0 Å². The van der Waals surface area contributed by atoms with Crippen molar-refractivity contribution in [1.82, 2.24) is 0 Å². The van der Waals surface area contributed by atoms with E-state index in [1.54, 1.807) is 11.3 Å². The van der Waals surface area contributed by atoms with Crippen molar-refractivity contribution in [2.24, 2.45) is 11.3 Å². The Morgan fingerprint density at radius 2 is 2.42 bits per heavy atom. The van der Waals surface area contributed by atoms with Gasteiger partial charge in [-0.2, -0.15) is 5.26 Å². The molecule has 1 aliphatic carbocycles. The van der Waals surface area contributed by atoms with Gasteiger partial charge in [-0.25, -0.2) is 0 Å². The molecular weight excluding hydrogens is 322 g/mol. The Labute approximate surface area is 127 Å². The van der Waals surface area contributed by atoms with E-state index < -0.39 is 11.5 Å². The van der Waals surface area contributed by atoms with E-state index in [9.17, 15) is 10.4 Å². The molecule has 0 saturated heterocycles. The van der Waals surface area contributed by atoms with Gasteiger partial charge in [-0.3, -0.25) is 0 Å². The van der Waals surface area contributed by atoms with Crippen LogP contribution < -0.4 is 0 Å². The van der Waals surface area contributed by atoms with Gasteiger partial charge >= 0.3 is 0 Å². The highest BCUT2D eigenvalue weighted by Crippen LogP contribution is 2.50. The Bertz CT molecular complexity index is 473. The molecule has 3 atom stereocenters. The molecule has 0 radical (unpaired) electrons. The number of nitrogens with zero attached hydrogens (tertiary/aromatic N) is 1. The number of aliphatic hydroxyl groups is 1. The number of rotatable bonds is 3. The lowest BCUT2D eigenvalue weighted by Gasteiger charge is -2.38. The molecule has 1 heterocycles. The van der Waals surface area contributed by atoms with E-state index in [-0.39, 0.29) is 0 Å². The van der Waals surface area contributed by atoms with Crippen molar-refractivity contribution in [3.05, 3.63) is 20.3 Å². The minimum Gasteiger partial charge on any atom is -0.386 e. The average Bonchev–Trinajstić information content (AvgIpc) is 2.77. The van der Waals surface area contributed by atoms with E-state index in [4.69, 9.17) is 0 Å². The number of hydrogen-bond donors (Lipinski definition) is 1.